The normalized spacial score (nSPS) is 10.9. The van der Waals surface area contributed by atoms with Gasteiger partial charge in [-0.3, -0.25) is 9.36 Å². The predicted octanol–water partition coefficient (Wildman–Crippen LogP) is 5.31. The monoisotopic (exact) mass is 563 g/mol. The summed E-state index contributed by atoms with van der Waals surface area (Å²) in [6, 6.07) is 18.2. The molecule has 2 aromatic heterocycles. The van der Waals surface area contributed by atoms with Gasteiger partial charge in [0, 0.05) is 11.8 Å². The van der Waals surface area contributed by atoms with Crippen LogP contribution in [0.5, 0.6) is 23.0 Å². The maximum atomic E-state index is 13.8. The fourth-order valence-electron chi connectivity index (χ4n) is 3.83. The summed E-state index contributed by atoms with van der Waals surface area (Å²) in [5.41, 5.74) is 1.81. The van der Waals surface area contributed by atoms with Gasteiger partial charge in [-0.05, 0) is 54.6 Å². The molecule has 200 valence electrons. The van der Waals surface area contributed by atoms with Crippen molar-refractivity contribution in [1.82, 2.24) is 19.7 Å². The molecule has 0 bridgehead atoms. The summed E-state index contributed by atoms with van der Waals surface area (Å²) < 4.78 is 22.9. The summed E-state index contributed by atoms with van der Waals surface area (Å²) in [6.07, 6.45) is 0. The van der Waals surface area contributed by atoms with Gasteiger partial charge in [0.05, 0.1) is 50.8 Å². The van der Waals surface area contributed by atoms with E-state index in [0.717, 1.165) is 16.4 Å². The van der Waals surface area contributed by atoms with Crippen LogP contribution in [0.25, 0.3) is 16.6 Å². The lowest BCUT2D eigenvalue weighted by Gasteiger charge is -2.15. The Labute approximate surface area is 232 Å². The van der Waals surface area contributed by atoms with Gasteiger partial charge in [0.15, 0.2) is 16.7 Å². The molecule has 0 spiro atoms. The van der Waals surface area contributed by atoms with E-state index in [4.69, 9.17) is 23.9 Å². The molecule has 10 nitrogen and oxygen atoms in total. The smallest absolute Gasteiger partial charge is 0.266 e. The number of ether oxygens (including phenoxy) is 4. The van der Waals surface area contributed by atoms with Gasteiger partial charge in [0.2, 0.25) is 5.13 Å². The molecule has 2 heterocycles. The summed E-state index contributed by atoms with van der Waals surface area (Å²) in [6.45, 7) is 0. The van der Waals surface area contributed by atoms with Gasteiger partial charge in [0.1, 0.15) is 16.5 Å². The van der Waals surface area contributed by atoms with Gasteiger partial charge >= 0.3 is 0 Å². The summed E-state index contributed by atoms with van der Waals surface area (Å²) in [5, 5.41) is 14.2. The molecule has 0 radical (unpaired) electrons. The molecular formula is C27H25N5O5S2. The lowest BCUT2D eigenvalue weighted by Crippen LogP contribution is -2.22. The number of benzene rings is 3. The first-order valence-electron chi connectivity index (χ1n) is 11.7. The van der Waals surface area contributed by atoms with Crippen LogP contribution in [0.3, 0.4) is 0 Å². The van der Waals surface area contributed by atoms with Crippen molar-refractivity contribution in [1.29, 1.82) is 0 Å². The first kappa shape index (κ1) is 26.3. The fourth-order valence-corrected chi connectivity index (χ4v) is 5.59. The van der Waals surface area contributed by atoms with E-state index in [2.05, 4.69) is 15.5 Å². The second kappa shape index (κ2) is 11.6. The third kappa shape index (κ3) is 5.61. The van der Waals surface area contributed by atoms with Crippen molar-refractivity contribution in [2.45, 2.75) is 10.9 Å². The number of anilines is 2. The van der Waals surface area contributed by atoms with Gasteiger partial charge in [-0.2, -0.15) is 0 Å². The number of nitrogens with zero attached hydrogens (tertiary/aromatic N) is 4. The molecule has 5 rings (SSSR count). The van der Waals surface area contributed by atoms with Gasteiger partial charge in [-0.1, -0.05) is 23.1 Å². The molecule has 0 unspecified atom stereocenters. The summed E-state index contributed by atoms with van der Waals surface area (Å²) in [5.74, 6) is 2.87. The number of methoxy groups -OCH3 is 4. The second-order valence-electron chi connectivity index (χ2n) is 8.10. The van der Waals surface area contributed by atoms with Crippen molar-refractivity contribution in [2.24, 2.45) is 0 Å². The molecule has 0 saturated carbocycles. The minimum absolute atomic E-state index is 0.229. The first-order valence-corrected chi connectivity index (χ1v) is 13.5. The Morgan fingerprint density at radius 1 is 0.846 bits per heavy atom. The van der Waals surface area contributed by atoms with Gasteiger partial charge in [0.25, 0.3) is 5.56 Å². The highest BCUT2D eigenvalue weighted by Gasteiger charge is 2.18. The van der Waals surface area contributed by atoms with Crippen molar-refractivity contribution in [3.8, 4) is 28.7 Å². The molecule has 0 fully saturated rings. The zero-order valence-corrected chi connectivity index (χ0v) is 23.3. The highest BCUT2D eigenvalue weighted by atomic mass is 32.2. The molecule has 0 saturated heterocycles. The number of thioether (sulfide) groups is 1. The Balaban J connectivity index is 1.48. The van der Waals surface area contributed by atoms with Crippen molar-refractivity contribution >= 4 is 44.8 Å². The van der Waals surface area contributed by atoms with E-state index in [-0.39, 0.29) is 5.56 Å². The number of rotatable bonds is 10. The largest absolute Gasteiger partial charge is 0.497 e. The Kier molecular flexibility index (Phi) is 7.84. The maximum Gasteiger partial charge on any atom is 0.266 e. The summed E-state index contributed by atoms with van der Waals surface area (Å²) in [7, 11) is 6.30. The Morgan fingerprint density at radius 3 is 2.13 bits per heavy atom. The van der Waals surface area contributed by atoms with Crippen LogP contribution in [0.2, 0.25) is 0 Å². The average Bonchev–Trinajstić information content (AvgIpc) is 3.43. The van der Waals surface area contributed by atoms with Crippen LogP contribution in [0.4, 0.5) is 10.8 Å². The Morgan fingerprint density at radius 2 is 1.49 bits per heavy atom. The molecule has 12 heteroatoms. The van der Waals surface area contributed by atoms with Gasteiger partial charge < -0.3 is 24.3 Å². The molecule has 0 atom stereocenters. The van der Waals surface area contributed by atoms with Crippen molar-refractivity contribution < 1.29 is 18.9 Å². The predicted molar refractivity (Wildman–Crippen MR) is 153 cm³/mol. The topological polar surface area (TPSA) is 110 Å². The zero-order valence-electron chi connectivity index (χ0n) is 21.6. The third-order valence-electron chi connectivity index (χ3n) is 5.81. The Hall–Kier alpha value is -4.29. The molecule has 0 aliphatic carbocycles. The van der Waals surface area contributed by atoms with Crippen LogP contribution in [0, 0.1) is 0 Å². The maximum absolute atomic E-state index is 13.8. The van der Waals surface area contributed by atoms with Crippen LogP contribution in [0.1, 0.15) is 5.01 Å². The fraction of sp³-hybridized carbons (Fsp3) is 0.185. The molecule has 0 amide bonds. The lowest BCUT2D eigenvalue weighted by molar-refractivity contribution is 0.355. The number of aromatic nitrogens is 4. The molecule has 0 aliphatic heterocycles. The number of hydrogen-bond acceptors (Lipinski definition) is 11. The van der Waals surface area contributed by atoms with Crippen LogP contribution < -0.4 is 29.8 Å². The molecule has 39 heavy (non-hydrogen) atoms. The third-order valence-corrected chi connectivity index (χ3v) is 7.78. The van der Waals surface area contributed by atoms with Crippen LogP contribution in [-0.2, 0) is 5.75 Å². The molecule has 0 aliphatic rings. The van der Waals surface area contributed by atoms with E-state index in [9.17, 15) is 4.79 Å². The van der Waals surface area contributed by atoms with E-state index in [0.29, 0.717) is 49.9 Å². The van der Waals surface area contributed by atoms with E-state index >= 15 is 0 Å². The Bertz CT molecular complexity index is 1650. The first-order chi connectivity index (χ1) is 19.0. The van der Waals surface area contributed by atoms with Crippen molar-refractivity contribution in [2.75, 3.05) is 33.8 Å². The molecular weight excluding hydrogens is 538 g/mol. The summed E-state index contributed by atoms with van der Waals surface area (Å²) in [4.78, 5) is 18.6. The SMILES string of the molecule is COc1ccc(Nc2nnc(CSc3nc4cc(OC)c(OC)cc4c(=O)n3-c3ccc(OC)cc3)s2)cc1. The van der Waals surface area contributed by atoms with Gasteiger partial charge in [-0.25, -0.2) is 4.98 Å². The molecule has 1 N–H and O–H groups in total. The van der Waals surface area contributed by atoms with Crippen LogP contribution >= 0.6 is 23.1 Å². The van der Waals surface area contributed by atoms with E-state index in [1.807, 2.05) is 36.4 Å². The minimum Gasteiger partial charge on any atom is -0.497 e. The highest BCUT2D eigenvalue weighted by Crippen LogP contribution is 2.33. The van der Waals surface area contributed by atoms with E-state index in [1.165, 1.54) is 30.2 Å². The highest BCUT2D eigenvalue weighted by molar-refractivity contribution is 7.98. The van der Waals surface area contributed by atoms with Crippen LogP contribution in [0.15, 0.2) is 70.6 Å². The standard InChI is InChI=1S/C27H25N5O5S2/c1-34-18-9-5-16(6-10-18)28-26-31-30-24(39-26)15-38-27-29-21-14-23(37-4)22(36-3)13-20(21)25(33)32(27)17-7-11-19(35-2)12-8-17/h5-14H,15H2,1-4H3,(H,28,31). The quantitative estimate of drug-likeness (QED) is 0.177. The van der Waals surface area contributed by atoms with Crippen LogP contribution in [-0.4, -0.2) is 48.2 Å². The minimum atomic E-state index is -0.229. The number of fused-ring (bicyclic) bond motifs is 1. The second-order valence-corrected chi connectivity index (χ2v) is 10.1. The van der Waals surface area contributed by atoms with Gasteiger partial charge in [-0.15, -0.1) is 10.2 Å². The number of hydrogen-bond donors (Lipinski definition) is 1. The van der Waals surface area contributed by atoms with E-state index in [1.54, 1.807) is 50.2 Å². The number of nitrogens with one attached hydrogen (secondary N) is 1. The molecule has 5 aromatic rings. The van der Waals surface area contributed by atoms with Crippen molar-refractivity contribution in [3.63, 3.8) is 0 Å². The average molecular weight is 564 g/mol. The summed E-state index contributed by atoms with van der Waals surface area (Å²) >= 11 is 2.82. The van der Waals surface area contributed by atoms with E-state index < -0.39 is 0 Å². The lowest BCUT2D eigenvalue weighted by atomic mass is 10.2. The molecule has 3 aromatic carbocycles. The zero-order chi connectivity index (χ0) is 27.4. The van der Waals surface area contributed by atoms with Crippen molar-refractivity contribution in [3.05, 3.63) is 76.0 Å².